The van der Waals surface area contributed by atoms with Gasteiger partial charge in [0.15, 0.2) is 5.11 Å². The van der Waals surface area contributed by atoms with Gasteiger partial charge in [0.1, 0.15) is 11.4 Å². The number of hydrogen-bond donors (Lipinski definition) is 1. The normalized spacial score (nSPS) is 27.5. The molecule has 1 aromatic heterocycles. The van der Waals surface area contributed by atoms with Crippen LogP contribution in [0.4, 0.5) is 0 Å². The number of rotatable bonds is 2. The summed E-state index contributed by atoms with van der Waals surface area (Å²) in [4.78, 5) is 8.99. The molecule has 3 aliphatic heterocycles. The minimum absolute atomic E-state index is 0.340. The molecule has 0 saturated carbocycles. The Morgan fingerprint density at radius 1 is 1.38 bits per heavy atom. The molecule has 0 aliphatic carbocycles. The molecular weight excluding hydrogens is 374 g/mol. The highest BCUT2D eigenvalue weighted by Gasteiger charge is 2.35. The molecular formula is C17H22ClN5O2S. The molecule has 1 N–H and O–H groups in total. The van der Waals surface area contributed by atoms with Gasteiger partial charge in [-0.05, 0) is 19.1 Å². The van der Waals surface area contributed by atoms with Gasteiger partial charge in [0.25, 0.3) is 0 Å². The molecule has 0 radical (unpaired) electrons. The second kappa shape index (κ2) is 7.64. The molecule has 26 heavy (non-hydrogen) atoms. The molecule has 2 unspecified atom stereocenters. The summed E-state index contributed by atoms with van der Waals surface area (Å²) >= 11 is 11.5. The number of hydrogen-bond acceptors (Lipinski definition) is 6. The molecule has 2 saturated heterocycles. The summed E-state index contributed by atoms with van der Waals surface area (Å²) < 4.78 is 11.1. The zero-order valence-electron chi connectivity index (χ0n) is 14.7. The van der Waals surface area contributed by atoms with Crippen LogP contribution in [-0.2, 0) is 4.74 Å². The topological polar surface area (TPSA) is 62.2 Å². The molecule has 0 spiro atoms. The SMILES string of the molecule is CC1OCC1N1CCN(C(=S)N/N=C2/CCOc3cc(Cl)cnc32)CC1. The maximum absolute atomic E-state index is 5.97. The van der Waals surface area contributed by atoms with Crippen LogP contribution < -0.4 is 10.2 Å². The quantitative estimate of drug-likeness (QED) is 0.601. The molecule has 0 amide bonds. The van der Waals surface area contributed by atoms with Crippen LogP contribution >= 0.6 is 23.8 Å². The van der Waals surface area contributed by atoms with Crippen molar-refractivity contribution in [3.8, 4) is 5.75 Å². The Hall–Kier alpha value is -1.48. The lowest BCUT2D eigenvalue weighted by Gasteiger charge is -2.46. The summed E-state index contributed by atoms with van der Waals surface area (Å²) in [7, 11) is 0. The molecule has 1 aromatic rings. The fourth-order valence-electron chi connectivity index (χ4n) is 3.45. The van der Waals surface area contributed by atoms with Crippen molar-refractivity contribution in [2.45, 2.75) is 25.5 Å². The van der Waals surface area contributed by atoms with Gasteiger partial charge >= 0.3 is 0 Å². The third-order valence-corrected chi connectivity index (χ3v) is 5.67. The Bertz CT molecular complexity index is 723. The van der Waals surface area contributed by atoms with Crippen molar-refractivity contribution in [3.63, 3.8) is 0 Å². The number of nitrogens with zero attached hydrogens (tertiary/aromatic N) is 4. The Labute approximate surface area is 163 Å². The number of aromatic nitrogens is 1. The Balaban J connectivity index is 1.34. The minimum atomic E-state index is 0.340. The van der Waals surface area contributed by atoms with E-state index in [0.717, 1.165) is 44.2 Å². The summed E-state index contributed by atoms with van der Waals surface area (Å²) in [6, 6.07) is 2.32. The zero-order valence-corrected chi connectivity index (χ0v) is 16.2. The summed E-state index contributed by atoms with van der Waals surface area (Å²) in [5.74, 6) is 0.667. The smallest absolute Gasteiger partial charge is 0.189 e. The van der Waals surface area contributed by atoms with E-state index in [9.17, 15) is 0 Å². The van der Waals surface area contributed by atoms with E-state index in [1.165, 1.54) is 0 Å². The van der Waals surface area contributed by atoms with Gasteiger partial charge in [-0.3, -0.25) is 10.3 Å². The average Bonchev–Trinajstić information content (AvgIpc) is 2.65. The Kier molecular flexibility index (Phi) is 5.26. The van der Waals surface area contributed by atoms with Gasteiger partial charge in [0.2, 0.25) is 0 Å². The van der Waals surface area contributed by atoms with Crippen molar-refractivity contribution < 1.29 is 9.47 Å². The summed E-state index contributed by atoms with van der Waals surface area (Å²) in [5, 5.41) is 5.69. The fourth-order valence-corrected chi connectivity index (χ4v) is 3.83. The second-order valence-corrected chi connectivity index (χ2v) is 7.53. The van der Waals surface area contributed by atoms with Gasteiger partial charge in [0.05, 0.1) is 36.1 Å². The highest BCUT2D eigenvalue weighted by atomic mass is 35.5. The van der Waals surface area contributed by atoms with E-state index < -0.39 is 0 Å². The van der Waals surface area contributed by atoms with Crippen molar-refractivity contribution in [2.24, 2.45) is 5.10 Å². The van der Waals surface area contributed by atoms with Crippen LogP contribution in [0.2, 0.25) is 5.02 Å². The average molecular weight is 396 g/mol. The van der Waals surface area contributed by atoms with Crippen molar-refractivity contribution >= 4 is 34.6 Å². The number of thiocarbonyl (C=S) groups is 1. The number of ether oxygens (including phenoxy) is 2. The Morgan fingerprint density at radius 3 is 2.88 bits per heavy atom. The molecule has 3 aliphatic rings. The molecule has 2 fully saturated rings. The summed E-state index contributed by atoms with van der Waals surface area (Å²) in [5.41, 5.74) is 4.59. The van der Waals surface area contributed by atoms with Crippen molar-refractivity contribution in [2.75, 3.05) is 39.4 Å². The van der Waals surface area contributed by atoms with Gasteiger partial charge in [-0.15, -0.1) is 0 Å². The number of halogens is 1. The maximum atomic E-state index is 5.97. The third-order valence-electron chi connectivity index (χ3n) is 5.12. The predicted molar refractivity (Wildman–Crippen MR) is 104 cm³/mol. The predicted octanol–water partition coefficient (Wildman–Crippen LogP) is 1.50. The zero-order chi connectivity index (χ0) is 18.1. The van der Waals surface area contributed by atoms with Crippen LogP contribution in [0.5, 0.6) is 5.75 Å². The van der Waals surface area contributed by atoms with E-state index in [1.54, 1.807) is 12.3 Å². The number of piperazine rings is 1. The van der Waals surface area contributed by atoms with Crippen molar-refractivity contribution in [3.05, 3.63) is 23.0 Å². The molecule has 9 heteroatoms. The molecule has 4 rings (SSSR count). The van der Waals surface area contributed by atoms with Crippen LogP contribution in [0, 0.1) is 0 Å². The monoisotopic (exact) mass is 395 g/mol. The first-order chi connectivity index (χ1) is 12.6. The fraction of sp³-hybridized carbons (Fsp3) is 0.588. The van der Waals surface area contributed by atoms with E-state index in [2.05, 4.69) is 32.2 Å². The standard InChI is InChI=1S/C17H22ClN5O2S/c1-11-14(10-25-11)22-3-5-23(6-4-22)17(26)21-20-13-2-7-24-15-8-12(18)9-19-16(13)15/h8-9,11,14H,2-7,10H2,1H3,(H,21,26)/b20-13-. The van der Waals surface area contributed by atoms with E-state index in [4.69, 9.17) is 33.3 Å². The van der Waals surface area contributed by atoms with Gasteiger partial charge < -0.3 is 14.4 Å². The lowest BCUT2D eigenvalue weighted by Crippen LogP contribution is -2.61. The molecule has 7 nitrogen and oxygen atoms in total. The number of hydrazone groups is 1. The molecule has 140 valence electrons. The van der Waals surface area contributed by atoms with Gasteiger partial charge in [-0.25, -0.2) is 4.98 Å². The first kappa shape index (κ1) is 17.9. The number of pyridine rings is 1. The maximum Gasteiger partial charge on any atom is 0.189 e. The summed E-state index contributed by atoms with van der Waals surface area (Å²) in [6.07, 6.45) is 2.63. The van der Waals surface area contributed by atoms with E-state index >= 15 is 0 Å². The van der Waals surface area contributed by atoms with Gasteiger partial charge in [-0.2, -0.15) is 5.10 Å². The largest absolute Gasteiger partial charge is 0.491 e. The van der Waals surface area contributed by atoms with E-state index in [0.29, 0.717) is 41.1 Å². The molecule has 0 aromatic carbocycles. The van der Waals surface area contributed by atoms with Crippen LogP contribution in [0.3, 0.4) is 0 Å². The number of fused-ring (bicyclic) bond motifs is 1. The molecule has 2 atom stereocenters. The Morgan fingerprint density at radius 2 is 2.19 bits per heavy atom. The van der Waals surface area contributed by atoms with Crippen LogP contribution in [0.1, 0.15) is 19.0 Å². The highest BCUT2D eigenvalue weighted by Crippen LogP contribution is 2.26. The lowest BCUT2D eigenvalue weighted by molar-refractivity contribution is -0.130. The van der Waals surface area contributed by atoms with E-state index in [-0.39, 0.29) is 0 Å². The van der Waals surface area contributed by atoms with Crippen LogP contribution in [0.15, 0.2) is 17.4 Å². The van der Waals surface area contributed by atoms with Crippen LogP contribution in [0.25, 0.3) is 0 Å². The van der Waals surface area contributed by atoms with Gasteiger partial charge in [0, 0.05) is 44.9 Å². The van der Waals surface area contributed by atoms with E-state index in [1.807, 2.05) is 0 Å². The number of nitrogens with one attached hydrogen (secondary N) is 1. The van der Waals surface area contributed by atoms with Crippen molar-refractivity contribution in [1.29, 1.82) is 0 Å². The second-order valence-electron chi connectivity index (χ2n) is 6.70. The van der Waals surface area contributed by atoms with Crippen LogP contribution in [-0.4, -0.2) is 77.1 Å². The van der Waals surface area contributed by atoms with Crippen molar-refractivity contribution in [1.82, 2.24) is 20.2 Å². The van der Waals surface area contributed by atoms with Gasteiger partial charge in [-0.1, -0.05) is 11.6 Å². The highest BCUT2D eigenvalue weighted by molar-refractivity contribution is 7.80. The first-order valence-corrected chi connectivity index (χ1v) is 9.66. The molecule has 0 bridgehead atoms. The third kappa shape index (κ3) is 3.64. The summed E-state index contributed by atoms with van der Waals surface area (Å²) in [6.45, 7) is 7.32. The minimum Gasteiger partial charge on any atom is -0.491 e. The molecule has 4 heterocycles. The first-order valence-electron chi connectivity index (χ1n) is 8.87. The lowest BCUT2D eigenvalue weighted by atomic mass is 10.1.